The van der Waals surface area contributed by atoms with Crippen LogP contribution in [0.5, 0.6) is 17.4 Å². The molecule has 2 aliphatic carbocycles. The highest BCUT2D eigenvalue weighted by molar-refractivity contribution is 5.95. The summed E-state index contributed by atoms with van der Waals surface area (Å²) in [6, 6.07) is 17.4. The van der Waals surface area contributed by atoms with Gasteiger partial charge in [0.05, 0.1) is 18.3 Å². The summed E-state index contributed by atoms with van der Waals surface area (Å²) in [6.07, 6.45) is 7.14. The van der Waals surface area contributed by atoms with E-state index in [0.717, 1.165) is 49.0 Å². The van der Waals surface area contributed by atoms with Crippen molar-refractivity contribution in [2.75, 3.05) is 13.2 Å². The molecule has 4 amide bonds. The maximum atomic E-state index is 14.1. The van der Waals surface area contributed by atoms with E-state index in [1.165, 1.54) is 17.3 Å². The van der Waals surface area contributed by atoms with E-state index in [-0.39, 0.29) is 59.5 Å². The van der Waals surface area contributed by atoms with Gasteiger partial charge in [-0.05, 0) is 136 Å². The number of aromatic nitrogens is 1. The van der Waals surface area contributed by atoms with Gasteiger partial charge in [-0.1, -0.05) is 78.3 Å². The molecule has 3 aromatic rings. The molecule has 1 saturated heterocycles. The second kappa shape index (κ2) is 19.8. The fourth-order valence-electron chi connectivity index (χ4n) is 9.92. The number of hydrogen-bond donors (Lipinski definition) is 3. The minimum atomic E-state index is -0.870. The number of likely N-dealkylation sites (tertiary alicyclic amines) is 1. The second-order valence-corrected chi connectivity index (χ2v) is 20.9. The standard InChI is InChI=1S/C52H71N5O7/c1-32(2)33(3)35-14-16-36(17-15-35)34(4)54-47(60)42-13-12-28-57(42)48(61)45(50(5,6)7)55-43(58)30-62-41-26-27-44(53-29-41)64-40-24-22-39(23-25-40)63-38-20-18-37(19-21-38)46(59)56-49-51(8,9)31-52(49,10)11/h14-21,26-27,29,34,39-40,42,45,49H,12-13,22-25,28,30-31H2,1-11H3,(H,54,60)(H,55,58)(H,56,59). The van der Waals surface area contributed by atoms with Gasteiger partial charge in [0.2, 0.25) is 17.7 Å². The Hall–Kier alpha value is -5.39. The van der Waals surface area contributed by atoms with Crippen LogP contribution in [0.4, 0.5) is 0 Å². The predicted octanol–water partition coefficient (Wildman–Crippen LogP) is 9.00. The Bertz CT molecular complexity index is 2130. The molecule has 3 aliphatic rings. The topological polar surface area (TPSA) is 148 Å². The van der Waals surface area contributed by atoms with E-state index in [9.17, 15) is 19.2 Å². The maximum Gasteiger partial charge on any atom is 0.258 e. The van der Waals surface area contributed by atoms with Crippen molar-refractivity contribution in [3.63, 3.8) is 0 Å². The molecule has 3 fully saturated rings. The number of nitrogens with zero attached hydrogens (tertiary/aromatic N) is 2. The molecule has 6 rings (SSSR count). The molecular formula is C52H71N5O7. The zero-order valence-electron chi connectivity index (χ0n) is 39.9. The molecule has 346 valence electrons. The van der Waals surface area contributed by atoms with E-state index in [1.807, 2.05) is 64.1 Å². The predicted molar refractivity (Wildman–Crippen MR) is 250 cm³/mol. The number of amides is 4. The largest absolute Gasteiger partial charge is 0.490 e. The van der Waals surface area contributed by atoms with Crippen LogP contribution in [0.3, 0.4) is 0 Å². The zero-order chi connectivity index (χ0) is 46.6. The fourth-order valence-corrected chi connectivity index (χ4v) is 9.92. The van der Waals surface area contributed by atoms with Gasteiger partial charge in [-0.25, -0.2) is 4.98 Å². The normalized spacial score (nSPS) is 21.4. The smallest absolute Gasteiger partial charge is 0.258 e. The molecule has 64 heavy (non-hydrogen) atoms. The summed E-state index contributed by atoms with van der Waals surface area (Å²) in [7, 11) is 0. The quantitative estimate of drug-likeness (QED) is 0.137. The van der Waals surface area contributed by atoms with Gasteiger partial charge in [-0.15, -0.1) is 0 Å². The van der Waals surface area contributed by atoms with E-state index in [1.54, 1.807) is 17.0 Å². The number of hydrogen-bond acceptors (Lipinski definition) is 8. The van der Waals surface area contributed by atoms with Crippen LogP contribution in [0.15, 0.2) is 72.4 Å². The van der Waals surface area contributed by atoms with Crippen molar-refractivity contribution >= 4 is 29.2 Å². The first-order chi connectivity index (χ1) is 30.1. The minimum absolute atomic E-state index is 0.0121. The Morgan fingerprint density at radius 1 is 0.781 bits per heavy atom. The second-order valence-electron chi connectivity index (χ2n) is 20.9. The van der Waals surface area contributed by atoms with Crippen molar-refractivity contribution < 1.29 is 33.4 Å². The van der Waals surface area contributed by atoms with Gasteiger partial charge in [-0.3, -0.25) is 19.2 Å². The SMILES string of the molecule is CC(C)=C(C)c1ccc(C(C)NC(=O)C2CCCN2C(=O)C(NC(=O)COc2ccc(OC3CCC(Oc4ccc(C(=O)NC5C(C)(C)CC5(C)C)cc4)CC3)nc2)C(C)(C)C)cc1. The molecule has 1 aromatic heterocycles. The Morgan fingerprint density at radius 3 is 1.94 bits per heavy atom. The van der Waals surface area contributed by atoms with E-state index in [0.29, 0.717) is 36.6 Å². The van der Waals surface area contributed by atoms with E-state index < -0.39 is 23.4 Å². The molecule has 3 atom stereocenters. The van der Waals surface area contributed by atoms with Crippen LogP contribution in [-0.2, 0) is 14.4 Å². The molecule has 12 nitrogen and oxygen atoms in total. The highest BCUT2D eigenvalue weighted by atomic mass is 16.5. The number of ether oxygens (including phenoxy) is 3. The van der Waals surface area contributed by atoms with E-state index in [4.69, 9.17) is 14.2 Å². The lowest BCUT2D eigenvalue weighted by Gasteiger charge is -2.57. The molecule has 0 spiro atoms. The number of nitrogens with one attached hydrogen (secondary N) is 3. The van der Waals surface area contributed by atoms with Gasteiger partial charge in [0, 0.05) is 24.2 Å². The van der Waals surface area contributed by atoms with Crippen LogP contribution in [0.2, 0.25) is 0 Å². The summed E-state index contributed by atoms with van der Waals surface area (Å²) in [4.78, 5) is 60.0. The van der Waals surface area contributed by atoms with Crippen LogP contribution < -0.4 is 30.2 Å². The molecule has 1 aliphatic heterocycles. The van der Waals surface area contributed by atoms with Crippen LogP contribution in [0.1, 0.15) is 149 Å². The zero-order valence-corrected chi connectivity index (χ0v) is 39.9. The fraction of sp³-hybridized carbons (Fsp3) is 0.558. The minimum Gasteiger partial charge on any atom is -0.490 e. The number of carbonyl (C=O) groups is 4. The van der Waals surface area contributed by atoms with Gasteiger partial charge in [0.25, 0.3) is 11.8 Å². The van der Waals surface area contributed by atoms with Gasteiger partial charge in [0.1, 0.15) is 29.7 Å². The molecule has 2 heterocycles. The molecule has 2 saturated carbocycles. The Kier molecular flexibility index (Phi) is 14.9. The molecule has 3 N–H and O–H groups in total. The first kappa shape index (κ1) is 48.1. The maximum absolute atomic E-state index is 14.1. The van der Waals surface area contributed by atoms with Crippen molar-refractivity contribution in [2.45, 2.75) is 157 Å². The Morgan fingerprint density at radius 2 is 1.38 bits per heavy atom. The van der Waals surface area contributed by atoms with E-state index in [2.05, 4.69) is 81.5 Å². The summed E-state index contributed by atoms with van der Waals surface area (Å²) in [6.45, 7) is 22.8. The average molecular weight is 878 g/mol. The number of allylic oxidation sites excluding steroid dienone is 2. The number of benzene rings is 2. The van der Waals surface area contributed by atoms with Crippen LogP contribution in [-0.4, -0.2) is 77.0 Å². The lowest BCUT2D eigenvalue weighted by Crippen LogP contribution is -2.63. The van der Waals surface area contributed by atoms with Crippen LogP contribution >= 0.6 is 0 Å². The summed E-state index contributed by atoms with van der Waals surface area (Å²) in [5.74, 6) is 0.606. The molecule has 12 heteroatoms. The molecule has 3 unspecified atom stereocenters. The van der Waals surface area contributed by atoms with Crippen molar-refractivity contribution in [1.29, 1.82) is 0 Å². The highest BCUT2D eigenvalue weighted by Gasteiger charge is 2.53. The van der Waals surface area contributed by atoms with Gasteiger partial charge in [0.15, 0.2) is 6.61 Å². The number of carbonyl (C=O) groups excluding carboxylic acids is 4. The Balaban J connectivity index is 0.927. The first-order valence-corrected chi connectivity index (χ1v) is 23.1. The number of pyridine rings is 1. The van der Waals surface area contributed by atoms with Crippen LogP contribution in [0, 0.1) is 16.2 Å². The summed E-state index contributed by atoms with van der Waals surface area (Å²) in [5.41, 5.74) is 4.78. The highest BCUT2D eigenvalue weighted by Crippen LogP contribution is 2.53. The molecule has 2 aromatic carbocycles. The molecule has 0 radical (unpaired) electrons. The third-order valence-electron chi connectivity index (χ3n) is 13.4. The van der Waals surface area contributed by atoms with Crippen molar-refractivity contribution in [3.05, 3.63) is 89.1 Å². The van der Waals surface area contributed by atoms with Crippen molar-refractivity contribution in [2.24, 2.45) is 16.2 Å². The Labute approximate surface area is 380 Å². The lowest BCUT2D eigenvalue weighted by molar-refractivity contribution is -0.144. The van der Waals surface area contributed by atoms with Crippen LogP contribution in [0.25, 0.3) is 5.57 Å². The molecular weight excluding hydrogens is 807 g/mol. The lowest BCUT2D eigenvalue weighted by atomic mass is 9.52. The van der Waals surface area contributed by atoms with Crippen molar-refractivity contribution in [3.8, 4) is 17.4 Å². The van der Waals surface area contributed by atoms with E-state index >= 15 is 0 Å². The third kappa shape index (κ3) is 11.8. The van der Waals surface area contributed by atoms with Crippen molar-refractivity contribution in [1.82, 2.24) is 25.8 Å². The monoisotopic (exact) mass is 878 g/mol. The summed E-state index contributed by atoms with van der Waals surface area (Å²) < 4.78 is 18.2. The molecule has 0 bridgehead atoms. The van der Waals surface area contributed by atoms with Gasteiger partial charge in [-0.2, -0.15) is 0 Å². The average Bonchev–Trinajstić information content (AvgIpc) is 3.75. The summed E-state index contributed by atoms with van der Waals surface area (Å²) >= 11 is 0. The number of rotatable bonds is 15. The van der Waals surface area contributed by atoms with Gasteiger partial charge >= 0.3 is 0 Å². The third-order valence-corrected chi connectivity index (χ3v) is 13.4. The summed E-state index contributed by atoms with van der Waals surface area (Å²) in [5, 5.41) is 9.26. The van der Waals surface area contributed by atoms with Gasteiger partial charge < -0.3 is 35.1 Å². The first-order valence-electron chi connectivity index (χ1n) is 23.1.